The number of primary sulfonamides is 1. The highest BCUT2D eigenvalue weighted by molar-refractivity contribution is 7.89. The zero-order valence-corrected chi connectivity index (χ0v) is 18.4. The SMILES string of the molecule is CC(C)(C)OC(=O)N1CC(CC(F)CNc2cccc(S(N)(=O)=O)n2)CC1(C)C. The van der Waals surface area contributed by atoms with E-state index >= 15 is 0 Å². The fraction of sp³-hybridized carbons (Fsp3) is 0.684. The molecule has 29 heavy (non-hydrogen) atoms. The number of anilines is 1. The van der Waals surface area contributed by atoms with Gasteiger partial charge in [-0.1, -0.05) is 6.07 Å². The third-order valence-corrected chi connectivity index (χ3v) is 5.49. The molecule has 8 nitrogen and oxygen atoms in total. The monoisotopic (exact) mass is 430 g/mol. The number of nitrogens with two attached hydrogens (primary N) is 1. The molecule has 0 radical (unpaired) electrons. The molecule has 0 spiro atoms. The van der Waals surface area contributed by atoms with E-state index in [-0.39, 0.29) is 35.8 Å². The lowest BCUT2D eigenvalue weighted by atomic mass is 9.93. The van der Waals surface area contributed by atoms with Crippen molar-refractivity contribution in [1.82, 2.24) is 9.88 Å². The third kappa shape index (κ3) is 6.81. The molecule has 1 amide bonds. The van der Waals surface area contributed by atoms with E-state index in [2.05, 4.69) is 10.3 Å². The van der Waals surface area contributed by atoms with Gasteiger partial charge in [0.1, 0.15) is 17.6 Å². The molecule has 0 bridgehead atoms. The van der Waals surface area contributed by atoms with Crippen LogP contribution in [0.1, 0.15) is 47.5 Å². The first-order valence-electron chi connectivity index (χ1n) is 9.56. The maximum absolute atomic E-state index is 14.6. The van der Waals surface area contributed by atoms with E-state index in [9.17, 15) is 17.6 Å². The van der Waals surface area contributed by atoms with Crippen LogP contribution in [0.2, 0.25) is 0 Å². The highest BCUT2D eigenvalue weighted by Crippen LogP contribution is 2.36. The minimum atomic E-state index is -3.92. The Morgan fingerprint density at radius 3 is 2.69 bits per heavy atom. The van der Waals surface area contributed by atoms with E-state index in [0.29, 0.717) is 13.0 Å². The van der Waals surface area contributed by atoms with E-state index in [0.717, 1.165) is 0 Å². The second-order valence-corrected chi connectivity index (χ2v) is 10.6. The predicted octanol–water partition coefficient (Wildman–Crippen LogP) is 2.90. The Bertz CT molecular complexity index is 839. The number of hydrogen-bond donors (Lipinski definition) is 2. The third-order valence-electron chi connectivity index (χ3n) is 4.68. The Balaban J connectivity index is 1.91. The number of carbonyl (C=O) groups excluding carboxylic acids is 1. The summed E-state index contributed by atoms with van der Waals surface area (Å²) in [5.41, 5.74) is -0.998. The van der Waals surface area contributed by atoms with Crippen LogP contribution in [0.15, 0.2) is 23.2 Å². The van der Waals surface area contributed by atoms with Crippen molar-refractivity contribution in [2.45, 2.75) is 69.8 Å². The van der Waals surface area contributed by atoms with E-state index in [1.807, 2.05) is 34.6 Å². The number of pyridine rings is 1. The summed E-state index contributed by atoms with van der Waals surface area (Å²) in [7, 11) is -3.92. The van der Waals surface area contributed by atoms with E-state index in [1.54, 1.807) is 11.0 Å². The summed E-state index contributed by atoms with van der Waals surface area (Å²) in [6.45, 7) is 9.75. The number of carbonyl (C=O) groups is 1. The molecule has 2 heterocycles. The maximum atomic E-state index is 14.6. The van der Waals surface area contributed by atoms with Crippen LogP contribution >= 0.6 is 0 Å². The number of nitrogens with one attached hydrogen (secondary N) is 1. The summed E-state index contributed by atoms with van der Waals surface area (Å²) >= 11 is 0. The van der Waals surface area contributed by atoms with Gasteiger partial charge in [-0.05, 0) is 65.5 Å². The molecule has 3 N–H and O–H groups in total. The zero-order valence-electron chi connectivity index (χ0n) is 17.6. The number of hydrogen-bond acceptors (Lipinski definition) is 6. The van der Waals surface area contributed by atoms with Crippen molar-refractivity contribution in [2.75, 3.05) is 18.4 Å². The summed E-state index contributed by atoms with van der Waals surface area (Å²) in [6, 6.07) is 4.31. The Morgan fingerprint density at radius 2 is 2.10 bits per heavy atom. The van der Waals surface area contributed by atoms with Crippen LogP contribution in [0, 0.1) is 5.92 Å². The Labute approximate surface area is 172 Å². The maximum Gasteiger partial charge on any atom is 0.410 e. The Kier molecular flexibility index (Phi) is 6.79. The Morgan fingerprint density at radius 1 is 1.45 bits per heavy atom. The van der Waals surface area contributed by atoms with Crippen molar-refractivity contribution in [3.8, 4) is 0 Å². The lowest BCUT2D eigenvalue weighted by Crippen LogP contribution is -2.45. The molecule has 1 fully saturated rings. The van der Waals surface area contributed by atoms with Crippen LogP contribution in [-0.2, 0) is 14.8 Å². The molecule has 1 aliphatic heterocycles. The molecule has 0 saturated carbocycles. The van der Waals surface area contributed by atoms with Gasteiger partial charge in [0.15, 0.2) is 5.03 Å². The first-order valence-corrected chi connectivity index (χ1v) is 11.1. The van der Waals surface area contributed by atoms with Gasteiger partial charge in [0.2, 0.25) is 0 Å². The van der Waals surface area contributed by atoms with Gasteiger partial charge in [0.05, 0.1) is 0 Å². The van der Waals surface area contributed by atoms with Gasteiger partial charge in [-0.3, -0.25) is 0 Å². The van der Waals surface area contributed by atoms with Crippen LogP contribution in [0.4, 0.5) is 15.0 Å². The second-order valence-electron chi connectivity index (χ2n) is 9.09. The lowest BCUT2D eigenvalue weighted by Gasteiger charge is -2.33. The van der Waals surface area contributed by atoms with E-state index < -0.39 is 27.3 Å². The standard InChI is InChI=1S/C19H31FN4O4S/c1-18(2,3)28-17(25)24-12-13(10-19(24,4)5)9-14(20)11-22-15-7-6-8-16(23-15)29(21,26)27/h6-8,13-14H,9-12H2,1-5H3,(H,22,23)(H2,21,26,27). The number of halogens is 1. The van der Waals surface area contributed by atoms with E-state index in [4.69, 9.17) is 9.88 Å². The van der Waals surface area contributed by atoms with Crippen LogP contribution in [0.25, 0.3) is 0 Å². The molecule has 2 unspecified atom stereocenters. The molecular weight excluding hydrogens is 399 g/mol. The normalized spacial score (nSPS) is 20.4. The van der Waals surface area contributed by atoms with Crippen LogP contribution in [0.5, 0.6) is 0 Å². The first kappa shape index (κ1) is 23.3. The Hall–Kier alpha value is -1.94. The van der Waals surface area contributed by atoms with Crippen molar-refractivity contribution in [1.29, 1.82) is 0 Å². The van der Waals surface area contributed by atoms with Crippen LogP contribution in [-0.4, -0.2) is 54.8 Å². The number of nitrogens with zero attached hydrogens (tertiary/aromatic N) is 2. The van der Waals surface area contributed by atoms with Gasteiger partial charge in [-0.15, -0.1) is 0 Å². The number of ether oxygens (including phenoxy) is 1. The number of alkyl halides is 1. The highest BCUT2D eigenvalue weighted by atomic mass is 32.2. The van der Waals surface area contributed by atoms with Gasteiger partial charge < -0.3 is 15.0 Å². The molecule has 164 valence electrons. The average Bonchev–Trinajstić information content (AvgIpc) is 2.85. The molecule has 1 aromatic rings. The molecular formula is C19H31FN4O4S. The molecule has 0 aromatic carbocycles. The molecule has 2 atom stereocenters. The number of aromatic nitrogens is 1. The number of amides is 1. The average molecular weight is 431 g/mol. The molecule has 1 aromatic heterocycles. The zero-order chi connectivity index (χ0) is 22.0. The molecule has 0 aliphatic carbocycles. The minimum absolute atomic E-state index is 0.00182. The van der Waals surface area contributed by atoms with Gasteiger partial charge in [-0.2, -0.15) is 0 Å². The van der Waals surface area contributed by atoms with Crippen molar-refractivity contribution in [3.05, 3.63) is 18.2 Å². The molecule has 2 rings (SSSR count). The topological polar surface area (TPSA) is 115 Å². The fourth-order valence-corrected chi connectivity index (χ4v) is 4.01. The minimum Gasteiger partial charge on any atom is -0.444 e. The van der Waals surface area contributed by atoms with Crippen LogP contribution < -0.4 is 10.5 Å². The lowest BCUT2D eigenvalue weighted by molar-refractivity contribution is 0.0130. The number of likely N-dealkylation sites (tertiary alicyclic amines) is 1. The summed E-state index contributed by atoms with van der Waals surface area (Å²) in [4.78, 5) is 18.0. The predicted molar refractivity (Wildman–Crippen MR) is 109 cm³/mol. The number of sulfonamides is 1. The van der Waals surface area contributed by atoms with Crippen LogP contribution in [0.3, 0.4) is 0 Å². The summed E-state index contributed by atoms with van der Waals surface area (Å²) in [5, 5.41) is 7.59. The second kappa shape index (κ2) is 8.43. The van der Waals surface area contributed by atoms with Gasteiger partial charge in [0.25, 0.3) is 10.0 Å². The van der Waals surface area contributed by atoms with Crippen molar-refractivity contribution < 1.29 is 22.3 Å². The van der Waals surface area contributed by atoms with Gasteiger partial charge in [0, 0.05) is 18.6 Å². The summed E-state index contributed by atoms with van der Waals surface area (Å²) in [6.07, 6.45) is -0.631. The smallest absolute Gasteiger partial charge is 0.410 e. The van der Waals surface area contributed by atoms with Crippen molar-refractivity contribution >= 4 is 21.9 Å². The quantitative estimate of drug-likeness (QED) is 0.717. The summed E-state index contributed by atoms with van der Waals surface area (Å²) < 4.78 is 42.7. The molecule has 1 aliphatic rings. The van der Waals surface area contributed by atoms with Gasteiger partial charge >= 0.3 is 6.09 Å². The van der Waals surface area contributed by atoms with E-state index in [1.165, 1.54) is 12.1 Å². The molecule has 1 saturated heterocycles. The summed E-state index contributed by atoms with van der Waals surface area (Å²) in [5.74, 6) is 0.235. The van der Waals surface area contributed by atoms with Crippen molar-refractivity contribution in [2.24, 2.45) is 11.1 Å². The largest absolute Gasteiger partial charge is 0.444 e. The van der Waals surface area contributed by atoms with Gasteiger partial charge in [-0.25, -0.2) is 27.7 Å². The first-order chi connectivity index (χ1) is 13.2. The van der Waals surface area contributed by atoms with Crippen molar-refractivity contribution in [3.63, 3.8) is 0 Å². The fourth-order valence-electron chi connectivity index (χ4n) is 3.52. The number of rotatable bonds is 6. The highest BCUT2D eigenvalue weighted by Gasteiger charge is 2.43. The molecule has 10 heteroatoms.